The third kappa shape index (κ3) is 3.20. The summed E-state index contributed by atoms with van der Waals surface area (Å²) >= 11 is 1.53. The van der Waals surface area contributed by atoms with E-state index in [4.69, 9.17) is 4.74 Å². The van der Waals surface area contributed by atoms with Gasteiger partial charge in [0.15, 0.2) is 5.01 Å². The fourth-order valence-electron chi connectivity index (χ4n) is 1.48. The number of nitrogens with one attached hydrogen (secondary N) is 1. The van der Waals surface area contributed by atoms with Crippen LogP contribution in [-0.2, 0) is 6.61 Å². The van der Waals surface area contributed by atoms with Gasteiger partial charge in [0.1, 0.15) is 12.4 Å². The molecule has 0 saturated carbocycles. The van der Waals surface area contributed by atoms with Crippen LogP contribution in [0.15, 0.2) is 18.2 Å². The maximum atomic E-state index is 5.70. The number of hydrogen-bond acceptors (Lipinski definition) is 5. The lowest BCUT2D eigenvalue weighted by atomic mass is 10.1. The summed E-state index contributed by atoms with van der Waals surface area (Å²) in [6.07, 6.45) is 0. The number of aryl methyl sites for hydroxylation is 2. The first-order valence-corrected chi connectivity index (χ1v) is 6.77. The van der Waals surface area contributed by atoms with E-state index >= 15 is 0 Å². The van der Waals surface area contributed by atoms with Crippen LogP contribution in [-0.4, -0.2) is 16.7 Å². The van der Waals surface area contributed by atoms with Gasteiger partial charge in [-0.15, -0.1) is 10.2 Å². The molecule has 0 unspecified atom stereocenters. The third-order valence-corrected chi connectivity index (χ3v) is 3.49. The SMILES string of the molecule is CCNc1nnc(COc2ccc(C)c(C)c2)s1. The summed E-state index contributed by atoms with van der Waals surface area (Å²) in [6, 6.07) is 6.09. The van der Waals surface area contributed by atoms with Crippen molar-refractivity contribution in [3.8, 4) is 5.75 Å². The number of rotatable bonds is 5. The Hall–Kier alpha value is -1.62. The van der Waals surface area contributed by atoms with Crippen molar-refractivity contribution in [2.45, 2.75) is 27.4 Å². The first-order valence-electron chi connectivity index (χ1n) is 5.95. The van der Waals surface area contributed by atoms with Crippen LogP contribution >= 0.6 is 11.3 Å². The van der Waals surface area contributed by atoms with Crippen molar-refractivity contribution in [3.05, 3.63) is 34.3 Å². The molecule has 0 aliphatic rings. The van der Waals surface area contributed by atoms with Gasteiger partial charge < -0.3 is 10.1 Å². The van der Waals surface area contributed by atoms with Crippen LogP contribution in [0.2, 0.25) is 0 Å². The second-order valence-electron chi connectivity index (χ2n) is 4.07. The van der Waals surface area contributed by atoms with Crippen LogP contribution in [0.5, 0.6) is 5.75 Å². The zero-order valence-corrected chi connectivity index (χ0v) is 11.7. The van der Waals surface area contributed by atoms with E-state index in [1.165, 1.54) is 22.5 Å². The highest BCUT2D eigenvalue weighted by Crippen LogP contribution is 2.20. The summed E-state index contributed by atoms with van der Waals surface area (Å²) in [5.41, 5.74) is 2.51. The molecule has 2 aromatic rings. The van der Waals surface area contributed by atoms with Crippen LogP contribution in [0.4, 0.5) is 5.13 Å². The van der Waals surface area contributed by atoms with Gasteiger partial charge in [-0.2, -0.15) is 0 Å². The maximum Gasteiger partial charge on any atom is 0.205 e. The highest BCUT2D eigenvalue weighted by atomic mass is 32.1. The Morgan fingerprint density at radius 2 is 2.06 bits per heavy atom. The van der Waals surface area contributed by atoms with Crippen LogP contribution in [0.1, 0.15) is 23.1 Å². The van der Waals surface area contributed by atoms with E-state index in [1.54, 1.807) is 0 Å². The van der Waals surface area contributed by atoms with E-state index in [-0.39, 0.29) is 0 Å². The van der Waals surface area contributed by atoms with Crippen molar-refractivity contribution in [1.29, 1.82) is 0 Å². The average Bonchev–Trinajstić information content (AvgIpc) is 2.79. The van der Waals surface area contributed by atoms with Crippen LogP contribution in [0.25, 0.3) is 0 Å². The van der Waals surface area contributed by atoms with Crippen molar-refractivity contribution in [2.24, 2.45) is 0 Å². The quantitative estimate of drug-likeness (QED) is 0.900. The fraction of sp³-hybridized carbons (Fsp3) is 0.385. The van der Waals surface area contributed by atoms with Gasteiger partial charge in [0.25, 0.3) is 0 Å². The Bertz CT molecular complexity index is 525. The Balaban J connectivity index is 1.95. The first kappa shape index (κ1) is 12.8. The Kier molecular flexibility index (Phi) is 4.15. The van der Waals surface area contributed by atoms with Gasteiger partial charge in [-0.25, -0.2) is 0 Å². The molecular weight excluding hydrogens is 246 g/mol. The molecule has 0 amide bonds. The van der Waals surface area contributed by atoms with Crippen molar-refractivity contribution in [3.63, 3.8) is 0 Å². The monoisotopic (exact) mass is 263 g/mol. The minimum Gasteiger partial charge on any atom is -0.486 e. The minimum absolute atomic E-state index is 0.464. The van der Waals surface area contributed by atoms with Crippen LogP contribution in [0, 0.1) is 13.8 Å². The lowest BCUT2D eigenvalue weighted by Gasteiger charge is -2.06. The molecule has 0 aliphatic carbocycles. The van der Waals surface area contributed by atoms with Gasteiger partial charge in [-0.05, 0) is 44.0 Å². The van der Waals surface area contributed by atoms with Crippen LogP contribution < -0.4 is 10.1 Å². The molecule has 0 bridgehead atoms. The third-order valence-electron chi connectivity index (χ3n) is 2.64. The molecule has 96 valence electrons. The van der Waals surface area contributed by atoms with E-state index in [0.717, 1.165) is 22.4 Å². The summed E-state index contributed by atoms with van der Waals surface area (Å²) in [4.78, 5) is 0. The van der Waals surface area contributed by atoms with Crippen LogP contribution in [0.3, 0.4) is 0 Å². The zero-order valence-electron chi connectivity index (χ0n) is 10.9. The molecule has 0 aliphatic heterocycles. The van der Waals surface area contributed by atoms with Crippen molar-refractivity contribution >= 4 is 16.5 Å². The van der Waals surface area contributed by atoms with Crippen molar-refractivity contribution in [2.75, 3.05) is 11.9 Å². The molecule has 0 fully saturated rings. The number of aromatic nitrogens is 2. The Morgan fingerprint density at radius 1 is 1.22 bits per heavy atom. The molecule has 2 rings (SSSR count). The van der Waals surface area contributed by atoms with Gasteiger partial charge in [-0.3, -0.25) is 0 Å². The molecule has 0 saturated heterocycles. The van der Waals surface area contributed by atoms with Crippen molar-refractivity contribution < 1.29 is 4.74 Å². The summed E-state index contributed by atoms with van der Waals surface area (Å²) in [6.45, 7) is 7.52. The number of nitrogens with zero attached hydrogens (tertiary/aromatic N) is 2. The molecular formula is C13H17N3OS. The number of anilines is 1. The van der Waals surface area contributed by atoms with Gasteiger partial charge in [0.2, 0.25) is 5.13 Å². The van der Waals surface area contributed by atoms with Gasteiger partial charge in [0.05, 0.1) is 0 Å². The molecule has 5 heteroatoms. The normalized spacial score (nSPS) is 10.4. The first-order chi connectivity index (χ1) is 8.69. The predicted molar refractivity (Wildman–Crippen MR) is 74.3 cm³/mol. The standard InChI is InChI=1S/C13H17N3OS/c1-4-14-13-16-15-12(18-13)8-17-11-6-5-9(2)10(3)7-11/h5-7H,4,8H2,1-3H3,(H,14,16). The Morgan fingerprint density at radius 3 is 2.78 bits per heavy atom. The molecule has 18 heavy (non-hydrogen) atoms. The summed E-state index contributed by atoms with van der Waals surface area (Å²) in [5, 5.41) is 13.0. The average molecular weight is 263 g/mol. The zero-order chi connectivity index (χ0) is 13.0. The van der Waals surface area contributed by atoms with E-state index in [0.29, 0.717) is 6.61 Å². The molecule has 0 atom stereocenters. The second kappa shape index (κ2) is 5.82. The molecule has 0 radical (unpaired) electrons. The van der Waals surface area contributed by atoms with Gasteiger partial charge >= 0.3 is 0 Å². The minimum atomic E-state index is 0.464. The molecule has 0 spiro atoms. The maximum absolute atomic E-state index is 5.70. The highest BCUT2D eigenvalue weighted by Gasteiger charge is 2.04. The number of hydrogen-bond donors (Lipinski definition) is 1. The highest BCUT2D eigenvalue weighted by molar-refractivity contribution is 7.15. The van der Waals surface area contributed by atoms with E-state index in [9.17, 15) is 0 Å². The predicted octanol–water partition coefficient (Wildman–Crippen LogP) is 3.17. The number of ether oxygens (including phenoxy) is 1. The molecule has 1 aromatic carbocycles. The molecule has 1 aromatic heterocycles. The topological polar surface area (TPSA) is 47.0 Å². The molecule has 1 heterocycles. The second-order valence-corrected chi connectivity index (χ2v) is 5.13. The summed E-state index contributed by atoms with van der Waals surface area (Å²) < 4.78 is 5.70. The fourth-order valence-corrected chi connectivity index (χ4v) is 2.20. The van der Waals surface area contributed by atoms with E-state index < -0.39 is 0 Å². The smallest absolute Gasteiger partial charge is 0.205 e. The summed E-state index contributed by atoms with van der Waals surface area (Å²) in [7, 11) is 0. The molecule has 4 nitrogen and oxygen atoms in total. The van der Waals surface area contributed by atoms with Gasteiger partial charge in [-0.1, -0.05) is 17.4 Å². The summed E-state index contributed by atoms with van der Waals surface area (Å²) in [5.74, 6) is 0.873. The van der Waals surface area contributed by atoms with E-state index in [2.05, 4.69) is 35.4 Å². The largest absolute Gasteiger partial charge is 0.486 e. The lowest BCUT2D eigenvalue weighted by Crippen LogP contribution is -1.95. The Labute approximate surface area is 111 Å². The number of benzene rings is 1. The van der Waals surface area contributed by atoms with Crippen molar-refractivity contribution in [1.82, 2.24) is 10.2 Å². The van der Waals surface area contributed by atoms with Gasteiger partial charge in [0, 0.05) is 6.54 Å². The van der Waals surface area contributed by atoms with E-state index in [1.807, 2.05) is 19.1 Å². The lowest BCUT2D eigenvalue weighted by molar-refractivity contribution is 0.304. The molecule has 1 N–H and O–H groups in total.